The van der Waals surface area contributed by atoms with Gasteiger partial charge in [-0.1, -0.05) is 0 Å². The predicted octanol–water partition coefficient (Wildman–Crippen LogP) is -1.22. The van der Waals surface area contributed by atoms with E-state index in [2.05, 4.69) is 20.4 Å². The Morgan fingerprint density at radius 3 is 2.80 bits per heavy atom. The van der Waals surface area contributed by atoms with Gasteiger partial charge in [0.15, 0.2) is 0 Å². The smallest absolute Gasteiger partial charge is 0.314 e. The van der Waals surface area contributed by atoms with Crippen LogP contribution in [0.15, 0.2) is 4.79 Å². The van der Waals surface area contributed by atoms with E-state index >= 15 is 0 Å². The van der Waals surface area contributed by atoms with Gasteiger partial charge in [-0.3, -0.25) is 9.47 Å². The lowest BCUT2D eigenvalue weighted by Gasteiger charge is -2.39. The minimum Gasteiger partial charge on any atom is -0.314 e. The third kappa shape index (κ3) is 1.68. The van der Waals surface area contributed by atoms with Gasteiger partial charge in [0, 0.05) is 32.2 Å². The molecule has 0 bridgehead atoms. The molecule has 7 heteroatoms. The van der Waals surface area contributed by atoms with E-state index in [1.54, 1.807) is 4.57 Å². The number of hydrogen-bond donors (Lipinski definition) is 2. The van der Waals surface area contributed by atoms with Gasteiger partial charge < -0.3 is 5.32 Å². The summed E-state index contributed by atoms with van der Waals surface area (Å²) in [5, 5.41) is 9.75. The summed E-state index contributed by atoms with van der Waals surface area (Å²) in [5.74, 6) is 0.869. The van der Waals surface area contributed by atoms with E-state index in [1.165, 1.54) is 0 Å². The van der Waals surface area contributed by atoms with Crippen molar-refractivity contribution in [3.8, 4) is 0 Å². The molecule has 0 atom stereocenters. The van der Waals surface area contributed by atoms with E-state index in [-0.39, 0.29) is 18.1 Å². The van der Waals surface area contributed by atoms with Crippen molar-refractivity contribution in [2.45, 2.75) is 19.1 Å². The molecule has 0 amide bonds. The monoisotopic (exact) mass is 231 g/mol. The molecular weight excluding hydrogens is 218 g/mol. The molecule has 0 radical (unpaired) electrons. The second-order valence-electron chi connectivity index (χ2n) is 3.88. The molecule has 0 spiro atoms. The van der Waals surface area contributed by atoms with Crippen molar-refractivity contribution in [1.82, 2.24) is 25.0 Å². The highest BCUT2D eigenvalue weighted by molar-refractivity contribution is 5.85. The van der Waals surface area contributed by atoms with Crippen molar-refractivity contribution in [3.05, 3.63) is 16.3 Å². The average Bonchev–Trinajstić information content (AvgIpc) is 2.45. The molecule has 0 saturated carbocycles. The molecule has 0 unspecified atom stereocenters. The van der Waals surface area contributed by atoms with Crippen molar-refractivity contribution in [2.24, 2.45) is 0 Å². The Morgan fingerprint density at radius 1 is 1.33 bits per heavy atom. The zero-order chi connectivity index (χ0) is 9.54. The normalized spacial score (nSPS) is 21.6. The SMILES string of the molecule is Cl.O=c1[nH]nc2n1CCN(C1CNC1)C2. The molecule has 2 N–H and O–H groups in total. The molecule has 2 aliphatic rings. The Balaban J connectivity index is 0.000000853. The topological polar surface area (TPSA) is 66.0 Å². The zero-order valence-corrected chi connectivity index (χ0v) is 9.09. The fourth-order valence-electron chi connectivity index (χ4n) is 2.03. The Bertz CT molecular complexity index is 396. The second kappa shape index (κ2) is 3.96. The summed E-state index contributed by atoms with van der Waals surface area (Å²) in [6.07, 6.45) is 0. The van der Waals surface area contributed by atoms with Crippen LogP contribution in [0.3, 0.4) is 0 Å². The largest absolute Gasteiger partial charge is 0.343 e. The maximum absolute atomic E-state index is 11.2. The fourth-order valence-corrected chi connectivity index (χ4v) is 2.03. The van der Waals surface area contributed by atoms with Crippen LogP contribution in [0.5, 0.6) is 0 Å². The van der Waals surface area contributed by atoms with Gasteiger partial charge in [-0.05, 0) is 0 Å². The number of aromatic nitrogens is 3. The summed E-state index contributed by atoms with van der Waals surface area (Å²) in [6.45, 7) is 4.65. The van der Waals surface area contributed by atoms with E-state index in [0.717, 1.165) is 38.5 Å². The summed E-state index contributed by atoms with van der Waals surface area (Å²) >= 11 is 0. The van der Waals surface area contributed by atoms with Crippen molar-refractivity contribution >= 4 is 12.4 Å². The maximum Gasteiger partial charge on any atom is 0.343 e. The number of fused-ring (bicyclic) bond motifs is 1. The highest BCUT2D eigenvalue weighted by Gasteiger charge is 2.28. The van der Waals surface area contributed by atoms with Crippen molar-refractivity contribution < 1.29 is 0 Å². The van der Waals surface area contributed by atoms with E-state index in [0.29, 0.717) is 6.04 Å². The number of hydrogen-bond acceptors (Lipinski definition) is 4. The van der Waals surface area contributed by atoms with E-state index in [1.807, 2.05) is 0 Å². The van der Waals surface area contributed by atoms with Gasteiger partial charge >= 0.3 is 5.69 Å². The quantitative estimate of drug-likeness (QED) is 0.636. The fraction of sp³-hybridized carbons (Fsp3) is 0.750. The van der Waals surface area contributed by atoms with Gasteiger partial charge in [0.1, 0.15) is 5.82 Å². The van der Waals surface area contributed by atoms with Crippen molar-refractivity contribution in [2.75, 3.05) is 19.6 Å². The van der Waals surface area contributed by atoms with Gasteiger partial charge in [-0.25, -0.2) is 9.89 Å². The molecular formula is C8H14ClN5O. The molecule has 1 saturated heterocycles. The molecule has 6 nitrogen and oxygen atoms in total. The van der Waals surface area contributed by atoms with Crippen molar-refractivity contribution in [3.63, 3.8) is 0 Å². The lowest BCUT2D eigenvalue weighted by molar-refractivity contribution is 0.111. The lowest BCUT2D eigenvalue weighted by Crippen LogP contribution is -2.58. The minimum absolute atomic E-state index is 0. The van der Waals surface area contributed by atoms with Gasteiger partial charge in [0.25, 0.3) is 0 Å². The van der Waals surface area contributed by atoms with Crippen LogP contribution in [0.4, 0.5) is 0 Å². The molecule has 3 rings (SSSR count). The summed E-state index contributed by atoms with van der Waals surface area (Å²) < 4.78 is 1.72. The zero-order valence-electron chi connectivity index (χ0n) is 8.27. The average molecular weight is 232 g/mol. The molecule has 1 aromatic heterocycles. The molecule has 3 heterocycles. The number of rotatable bonds is 1. The van der Waals surface area contributed by atoms with Crippen LogP contribution in [0.1, 0.15) is 5.82 Å². The lowest BCUT2D eigenvalue weighted by atomic mass is 10.1. The number of nitrogens with zero attached hydrogens (tertiary/aromatic N) is 3. The summed E-state index contributed by atoms with van der Waals surface area (Å²) in [7, 11) is 0. The van der Waals surface area contributed by atoms with E-state index < -0.39 is 0 Å². The molecule has 1 aromatic rings. The van der Waals surface area contributed by atoms with Gasteiger partial charge in [-0.15, -0.1) is 12.4 Å². The summed E-state index contributed by atoms with van der Waals surface area (Å²) in [6, 6.07) is 0.635. The van der Waals surface area contributed by atoms with Gasteiger partial charge in [-0.2, -0.15) is 5.10 Å². The number of aromatic amines is 1. The van der Waals surface area contributed by atoms with Gasteiger partial charge in [0.05, 0.1) is 6.54 Å². The third-order valence-electron chi connectivity index (χ3n) is 3.07. The molecule has 1 fully saturated rings. The first-order chi connectivity index (χ1) is 6.84. The van der Waals surface area contributed by atoms with Gasteiger partial charge in [0.2, 0.25) is 0 Å². The highest BCUT2D eigenvalue weighted by Crippen LogP contribution is 2.12. The first-order valence-corrected chi connectivity index (χ1v) is 4.93. The Labute approximate surface area is 93.1 Å². The number of H-pyrrole nitrogens is 1. The Kier molecular flexibility index (Phi) is 2.81. The molecule has 15 heavy (non-hydrogen) atoms. The summed E-state index contributed by atoms with van der Waals surface area (Å²) in [4.78, 5) is 13.6. The standard InChI is InChI=1S/C8H13N5O.ClH/c14-8-11-10-7-5-12(1-2-13(7)8)6-3-9-4-6;/h6,9H,1-5H2,(H,11,14);1H. The van der Waals surface area contributed by atoms with Crippen LogP contribution in [-0.4, -0.2) is 45.3 Å². The van der Waals surface area contributed by atoms with Crippen molar-refractivity contribution in [1.29, 1.82) is 0 Å². The Hall–Kier alpha value is -0.850. The van der Waals surface area contributed by atoms with Crippen LogP contribution in [-0.2, 0) is 13.1 Å². The van der Waals surface area contributed by atoms with E-state index in [9.17, 15) is 4.79 Å². The number of halogens is 1. The molecule has 0 aromatic carbocycles. The minimum atomic E-state index is -0.0774. The first-order valence-electron chi connectivity index (χ1n) is 4.93. The predicted molar refractivity (Wildman–Crippen MR) is 57.2 cm³/mol. The van der Waals surface area contributed by atoms with Crippen LogP contribution in [0.25, 0.3) is 0 Å². The van der Waals surface area contributed by atoms with Crippen LogP contribution in [0.2, 0.25) is 0 Å². The molecule has 84 valence electrons. The van der Waals surface area contributed by atoms with E-state index in [4.69, 9.17) is 0 Å². The van der Waals surface area contributed by atoms with Crippen LogP contribution in [0, 0.1) is 0 Å². The molecule has 0 aliphatic carbocycles. The third-order valence-corrected chi connectivity index (χ3v) is 3.07. The number of nitrogens with one attached hydrogen (secondary N) is 2. The molecule has 2 aliphatic heterocycles. The maximum atomic E-state index is 11.2. The summed E-state index contributed by atoms with van der Waals surface area (Å²) in [5.41, 5.74) is -0.0774. The van der Waals surface area contributed by atoms with Crippen LogP contribution >= 0.6 is 12.4 Å². The van der Waals surface area contributed by atoms with Crippen LogP contribution < -0.4 is 11.0 Å². The highest BCUT2D eigenvalue weighted by atomic mass is 35.5. The first kappa shape index (κ1) is 10.7. The Morgan fingerprint density at radius 2 is 2.13 bits per heavy atom. The second-order valence-corrected chi connectivity index (χ2v) is 3.88.